The van der Waals surface area contributed by atoms with Gasteiger partial charge in [0.15, 0.2) is 5.96 Å². The number of aliphatic imine (C=N–C) groups is 1. The molecule has 1 aromatic rings. The van der Waals surface area contributed by atoms with Gasteiger partial charge in [-0.15, -0.1) is 24.0 Å². The lowest BCUT2D eigenvalue weighted by Gasteiger charge is -2.27. The molecule has 1 unspecified atom stereocenters. The molecule has 0 aromatic heterocycles. The second-order valence-corrected chi connectivity index (χ2v) is 5.66. The number of para-hydroxylation sites is 1. The summed E-state index contributed by atoms with van der Waals surface area (Å²) in [5.74, 6) is 1.83. The first kappa shape index (κ1) is 19.1. The highest BCUT2D eigenvalue weighted by molar-refractivity contribution is 14.0. The van der Waals surface area contributed by atoms with Gasteiger partial charge in [-0.2, -0.15) is 0 Å². The zero-order valence-corrected chi connectivity index (χ0v) is 16.1. The first-order valence-corrected chi connectivity index (χ1v) is 7.94. The highest BCUT2D eigenvalue weighted by Crippen LogP contribution is 2.27. The molecule has 4 nitrogen and oxygen atoms in total. The van der Waals surface area contributed by atoms with Crippen LogP contribution < -0.4 is 15.4 Å². The van der Waals surface area contributed by atoms with E-state index in [1.807, 2.05) is 6.07 Å². The van der Waals surface area contributed by atoms with E-state index in [1.54, 1.807) is 7.05 Å². The lowest BCUT2D eigenvalue weighted by molar-refractivity contribution is 0.119. The van der Waals surface area contributed by atoms with Gasteiger partial charge in [-0.1, -0.05) is 25.1 Å². The molecule has 1 aliphatic carbocycles. The third kappa shape index (κ3) is 5.66. The standard InChI is InChI=1S/C17H27N3O.HI/c1-4-13(2)20-17(18-3)19-12-14-8-5-6-11-16(14)21-15-9-7-10-15;/h5-6,8,11,13,15H,4,7,9-10,12H2,1-3H3,(H2,18,19,20);1H. The van der Waals surface area contributed by atoms with Gasteiger partial charge in [-0.05, 0) is 38.7 Å². The van der Waals surface area contributed by atoms with Crippen molar-refractivity contribution in [1.29, 1.82) is 0 Å². The highest BCUT2D eigenvalue weighted by Gasteiger charge is 2.20. The topological polar surface area (TPSA) is 45.7 Å². The molecule has 1 fully saturated rings. The number of hydrogen-bond acceptors (Lipinski definition) is 2. The van der Waals surface area contributed by atoms with Crippen molar-refractivity contribution in [2.45, 2.75) is 58.2 Å². The zero-order valence-electron chi connectivity index (χ0n) is 13.8. The summed E-state index contributed by atoms with van der Waals surface area (Å²) in [5.41, 5.74) is 1.18. The Labute approximate surface area is 151 Å². The van der Waals surface area contributed by atoms with Crippen molar-refractivity contribution in [3.8, 4) is 5.75 Å². The van der Waals surface area contributed by atoms with Gasteiger partial charge in [-0.3, -0.25) is 4.99 Å². The molecule has 22 heavy (non-hydrogen) atoms. The number of hydrogen-bond donors (Lipinski definition) is 2. The fraction of sp³-hybridized carbons (Fsp3) is 0.588. The Bertz CT molecular complexity index is 475. The van der Waals surface area contributed by atoms with Crippen molar-refractivity contribution in [2.24, 2.45) is 4.99 Å². The van der Waals surface area contributed by atoms with Crippen molar-refractivity contribution < 1.29 is 4.74 Å². The number of benzene rings is 1. The molecular formula is C17H28IN3O. The maximum Gasteiger partial charge on any atom is 0.191 e. The Morgan fingerprint density at radius 3 is 2.68 bits per heavy atom. The third-order valence-electron chi connectivity index (χ3n) is 3.98. The minimum absolute atomic E-state index is 0. The van der Waals surface area contributed by atoms with Crippen LogP contribution in [0.3, 0.4) is 0 Å². The number of guanidine groups is 1. The summed E-state index contributed by atoms with van der Waals surface area (Å²) < 4.78 is 6.05. The summed E-state index contributed by atoms with van der Waals surface area (Å²) in [6.45, 7) is 5.03. The van der Waals surface area contributed by atoms with Gasteiger partial charge in [0.25, 0.3) is 0 Å². The van der Waals surface area contributed by atoms with E-state index in [-0.39, 0.29) is 24.0 Å². The first-order chi connectivity index (χ1) is 10.2. The number of rotatable bonds is 6. The van der Waals surface area contributed by atoms with Gasteiger partial charge in [0.05, 0.1) is 6.10 Å². The number of halogens is 1. The third-order valence-corrected chi connectivity index (χ3v) is 3.98. The predicted octanol–water partition coefficient (Wildman–Crippen LogP) is 3.70. The van der Waals surface area contributed by atoms with Crippen LogP contribution in [0.5, 0.6) is 5.75 Å². The van der Waals surface area contributed by atoms with E-state index in [0.717, 1.165) is 24.7 Å². The largest absolute Gasteiger partial charge is 0.490 e. The number of nitrogens with one attached hydrogen (secondary N) is 2. The Morgan fingerprint density at radius 1 is 1.36 bits per heavy atom. The minimum Gasteiger partial charge on any atom is -0.490 e. The Morgan fingerprint density at radius 2 is 2.09 bits per heavy atom. The van der Waals surface area contributed by atoms with Crippen LogP contribution in [0.15, 0.2) is 29.3 Å². The lowest BCUT2D eigenvalue weighted by atomic mass is 9.96. The maximum atomic E-state index is 6.05. The molecule has 0 amide bonds. The van der Waals surface area contributed by atoms with Crippen molar-refractivity contribution >= 4 is 29.9 Å². The molecule has 5 heteroatoms. The van der Waals surface area contributed by atoms with Crippen LogP contribution in [0.2, 0.25) is 0 Å². The van der Waals surface area contributed by atoms with Gasteiger partial charge in [0.1, 0.15) is 5.75 Å². The maximum absolute atomic E-state index is 6.05. The molecule has 2 rings (SSSR count). The summed E-state index contributed by atoms with van der Waals surface area (Å²) in [6.07, 6.45) is 5.13. The van der Waals surface area contributed by atoms with Crippen LogP contribution in [0.25, 0.3) is 0 Å². The first-order valence-electron chi connectivity index (χ1n) is 7.94. The summed E-state index contributed by atoms with van der Waals surface area (Å²) in [4.78, 5) is 4.26. The highest BCUT2D eigenvalue weighted by atomic mass is 127. The monoisotopic (exact) mass is 417 g/mol. The molecule has 1 atom stereocenters. The SMILES string of the molecule is CCC(C)NC(=NC)NCc1ccccc1OC1CCC1.I. The summed E-state index contributed by atoms with van der Waals surface area (Å²) in [7, 11) is 1.80. The Balaban J connectivity index is 0.00000242. The van der Waals surface area contributed by atoms with E-state index in [1.165, 1.54) is 24.8 Å². The molecule has 0 radical (unpaired) electrons. The summed E-state index contributed by atoms with van der Waals surface area (Å²) in [6, 6.07) is 8.66. The van der Waals surface area contributed by atoms with Crippen LogP contribution in [-0.4, -0.2) is 25.2 Å². The van der Waals surface area contributed by atoms with Crippen LogP contribution in [0.1, 0.15) is 45.1 Å². The molecule has 2 N–H and O–H groups in total. The number of nitrogens with zero attached hydrogens (tertiary/aromatic N) is 1. The zero-order chi connectivity index (χ0) is 15.1. The van der Waals surface area contributed by atoms with Crippen LogP contribution in [0.4, 0.5) is 0 Å². The molecule has 0 bridgehead atoms. The lowest BCUT2D eigenvalue weighted by Crippen LogP contribution is -2.41. The molecule has 1 aliphatic rings. The Hall–Kier alpha value is -0.980. The molecular weight excluding hydrogens is 389 g/mol. The van der Waals surface area contributed by atoms with Crippen LogP contribution >= 0.6 is 24.0 Å². The van der Waals surface area contributed by atoms with Gasteiger partial charge in [0.2, 0.25) is 0 Å². The van der Waals surface area contributed by atoms with Crippen molar-refractivity contribution in [3.05, 3.63) is 29.8 Å². The van der Waals surface area contributed by atoms with E-state index in [0.29, 0.717) is 12.1 Å². The average Bonchev–Trinajstić information content (AvgIpc) is 2.47. The van der Waals surface area contributed by atoms with Crippen molar-refractivity contribution in [2.75, 3.05) is 7.05 Å². The van der Waals surface area contributed by atoms with Gasteiger partial charge >= 0.3 is 0 Å². The summed E-state index contributed by atoms with van der Waals surface area (Å²) >= 11 is 0. The van der Waals surface area contributed by atoms with E-state index in [2.05, 4.69) is 47.7 Å². The minimum atomic E-state index is 0. The second kappa shape index (κ2) is 9.92. The smallest absolute Gasteiger partial charge is 0.191 e. The normalized spacial score (nSPS) is 16.2. The van der Waals surface area contributed by atoms with Gasteiger partial charge in [-0.25, -0.2) is 0 Å². The van der Waals surface area contributed by atoms with E-state index in [4.69, 9.17) is 4.74 Å². The second-order valence-electron chi connectivity index (χ2n) is 5.66. The molecule has 1 aromatic carbocycles. The van der Waals surface area contributed by atoms with Gasteiger partial charge in [0, 0.05) is 25.2 Å². The average molecular weight is 417 g/mol. The number of ether oxygens (including phenoxy) is 1. The van der Waals surface area contributed by atoms with E-state index >= 15 is 0 Å². The van der Waals surface area contributed by atoms with Crippen LogP contribution in [-0.2, 0) is 6.54 Å². The molecule has 0 heterocycles. The fourth-order valence-corrected chi connectivity index (χ4v) is 2.14. The summed E-state index contributed by atoms with van der Waals surface area (Å²) in [5, 5.41) is 6.73. The molecule has 0 spiro atoms. The Kier molecular flexibility index (Phi) is 8.60. The molecule has 0 aliphatic heterocycles. The fourth-order valence-electron chi connectivity index (χ4n) is 2.14. The molecule has 1 saturated carbocycles. The molecule has 124 valence electrons. The van der Waals surface area contributed by atoms with Crippen LogP contribution in [0, 0.1) is 0 Å². The van der Waals surface area contributed by atoms with E-state index in [9.17, 15) is 0 Å². The van der Waals surface area contributed by atoms with Crippen molar-refractivity contribution in [1.82, 2.24) is 10.6 Å². The van der Waals surface area contributed by atoms with Gasteiger partial charge < -0.3 is 15.4 Å². The van der Waals surface area contributed by atoms with E-state index < -0.39 is 0 Å². The molecule has 0 saturated heterocycles. The van der Waals surface area contributed by atoms with Crippen molar-refractivity contribution in [3.63, 3.8) is 0 Å². The quantitative estimate of drug-likeness (QED) is 0.422. The predicted molar refractivity (Wildman–Crippen MR) is 103 cm³/mol.